The SMILES string of the molecule is C=CCN(C(=O)C1N([C@@H](CO)CC(C)C)C(=O)[C@@H]2[C@H](C(=O)OCC)[C@]3(CC)CCC12O3)c1c(C)cccc1Cl. The molecule has 3 aliphatic heterocycles. The van der Waals surface area contributed by atoms with Crippen molar-refractivity contribution >= 4 is 35.1 Å². The topological polar surface area (TPSA) is 96.4 Å². The fourth-order valence-corrected chi connectivity index (χ4v) is 7.60. The van der Waals surface area contributed by atoms with Gasteiger partial charge in [-0.1, -0.05) is 50.6 Å². The van der Waals surface area contributed by atoms with E-state index >= 15 is 0 Å². The number of aryl methyl sites for hydroxylation is 1. The van der Waals surface area contributed by atoms with Crippen molar-refractivity contribution in [2.75, 3.05) is 24.7 Å². The molecule has 6 atom stereocenters. The standard InChI is InChI=1S/C30H41ClN2O6/c1-7-15-32(24-19(6)11-10-12-21(24)31)27(36)25-30-14-13-29(8-2,39-30)23(28(37)38-9-3)22(30)26(35)33(25)20(17-34)16-18(4)5/h7,10-12,18,20,22-23,25,34H,1,8-9,13-17H2,2-6H3/t20-,22+,23-,25?,29+,30?/m1/s1. The largest absolute Gasteiger partial charge is 0.466 e. The van der Waals surface area contributed by atoms with Gasteiger partial charge in [-0.25, -0.2) is 0 Å². The molecule has 8 nitrogen and oxygen atoms in total. The predicted molar refractivity (Wildman–Crippen MR) is 149 cm³/mol. The van der Waals surface area contributed by atoms with Crippen LogP contribution in [-0.4, -0.2) is 70.8 Å². The third-order valence-electron chi connectivity index (χ3n) is 8.78. The lowest BCUT2D eigenvalue weighted by Gasteiger charge is -2.40. The van der Waals surface area contributed by atoms with Crippen LogP contribution in [0.1, 0.15) is 58.9 Å². The molecule has 214 valence electrons. The Morgan fingerprint density at radius 1 is 1.33 bits per heavy atom. The lowest BCUT2D eigenvalue weighted by Crippen LogP contribution is -2.59. The molecule has 1 N–H and O–H groups in total. The van der Waals surface area contributed by atoms with Crippen molar-refractivity contribution in [3.63, 3.8) is 0 Å². The molecule has 2 bridgehead atoms. The number of aliphatic hydroxyl groups excluding tert-OH is 1. The third kappa shape index (κ3) is 4.58. The van der Waals surface area contributed by atoms with E-state index in [9.17, 15) is 19.5 Å². The van der Waals surface area contributed by atoms with Crippen molar-refractivity contribution in [1.29, 1.82) is 0 Å². The predicted octanol–water partition coefficient (Wildman–Crippen LogP) is 4.29. The fraction of sp³-hybridized carbons (Fsp3) is 0.633. The first-order chi connectivity index (χ1) is 18.5. The van der Waals surface area contributed by atoms with Crippen LogP contribution in [0.15, 0.2) is 30.9 Å². The number of nitrogens with zero attached hydrogens (tertiary/aromatic N) is 2. The molecule has 9 heteroatoms. The van der Waals surface area contributed by atoms with E-state index in [2.05, 4.69) is 6.58 Å². The molecule has 39 heavy (non-hydrogen) atoms. The number of halogens is 1. The molecule has 3 heterocycles. The van der Waals surface area contributed by atoms with Crippen LogP contribution < -0.4 is 4.90 Å². The fourth-order valence-electron chi connectivity index (χ4n) is 7.27. The van der Waals surface area contributed by atoms with Gasteiger partial charge >= 0.3 is 5.97 Å². The van der Waals surface area contributed by atoms with Gasteiger partial charge in [0.25, 0.3) is 5.91 Å². The highest BCUT2D eigenvalue weighted by Gasteiger charge is 2.79. The Bertz CT molecular complexity index is 1120. The lowest BCUT2D eigenvalue weighted by atomic mass is 9.65. The molecule has 0 aliphatic carbocycles. The van der Waals surface area contributed by atoms with Gasteiger partial charge in [-0.2, -0.15) is 0 Å². The van der Waals surface area contributed by atoms with E-state index in [0.29, 0.717) is 36.4 Å². The Morgan fingerprint density at radius 3 is 2.62 bits per heavy atom. The highest BCUT2D eigenvalue weighted by molar-refractivity contribution is 6.34. The van der Waals surface area contributed by atoms with Gasteiger partial charge in [-0.3, -0.25) is 14.4 Å². The maximum atomic E-state index is 14.8. The lowest BCUT2D eigenvalue weighted by molar-refractivity contribution is -0.161. The minimum Gasteiger partial charge on any atom is -0.466 e. The summed E-state index contributed by atoms with van der Waals surface area (Å²) in [5.74, 6) is -2.72. The maximum absolute atomic E-state index is 14.8. The zero-order chi connectivity index (χ0) is 28.7. The summed E-state index contributed by atoms with van der Waals surface area (Å²) in [5, 5.41) is 10.9. The van der Waals surface area contributed by atoms with Crippen LogP contribution in [0, 0.1) is 24.7 Å². The Kier molecular flexibility index (Phi) is 8.50. The summed E-state index contributed by atoms with van der Waals surface area (Å²) < 4.78 is 12.3. The molecular formula is C30H41ClN2O6. The summed E-state index contributed by atoms with van der Waals surface area (Å²) in [6, 6.07) is 3.75. The molecule has 0 radical (unpaired) electrons. The summed E-state index contributed by atoms with van der Waals surface area (Å²) in [7, 11) is 0. The Labute approximate surface area is 236 Å². The van der Waals surface area contributed by atoms with Crippen LogP contribution in [-0.2, 0) is 23.9 Å². The van der Waals surface area contributed by atoms with Crippen LogP contribution in [0.4, 0.5) is 5.69 Å². The average molecular weight is 561 g/mol. The number of likely N-dealkylation sites (tertiary alicyclic amines) is 1. The molecule has 2 amide bonds. The number of carbonyl (C=O) groups is 3. The minimum atomic E-state index is -1.22. The van der Waals surface area contributed by atoms with E-state index < -0.39 is 41.1 Å². The number of para-hydroxylation sites is 1. The number of esters is 1. The maximum Gasteiger partial charge on any atom is 0.312 e. The smallest absolute Gasteiger partial charge is 0.312 e. The number of benzene rings is 1. The Hall–Kier alpha value is -2.42. The molecule has 3 saturated heterocycles. The number of hydrogen-bond donors (Lipinski definition) is 1. The van der Waals surface area contributed by atoms with Crippen molar-refractivity contribution < 1.29 is 29.0 Å². The van der Waals surface area contributed by atoms with E-state index in [1.807, 2.05) is 39.8 Å². The minimum absolute atomic E-state index is 0.152. The van der Waals surface area contributed by atoms with Crippen LogP contribution in [0.25, 0.3) is 0 Å². The number of ether oxygens (including phenoxy) is 2. The number of amides is 2. The van der Waals surface area contributed by atoms with Gasteiger partial charge in [-0.05, 0) is 57.1 Å². The van der Waals surface area contributed by atoms with E-state index in [1.165, 1.54) is 4.90 Å². The highest BCUT2D eigenvalue weighted by atomic mass is 35.5. The molecule has 1 aromatic carbocycles. The summed E-state index contributed by atoms with van der Waals surface area (Å²) >= 11 is 6.63. The number of anilines is 1. The Balaban J connectivity index is 1.91. The number of aliphatic hydroxyl groups is 1. The van der Waals surface area contributed by atoms with Gasteiger partial charge in [0, 0.05) is 6.54 Å². The number of hydrogen-bond acceptors (Lipinski definition) is 6. The Morgan fingerprint density at radius 2 is 2.05 bits per heavy atom. The number of carbonyl (C=O) groups excluding carboxylic acids is 3. The monoisotopic (exact) mass is 560 g/mol. The van der Waals surface area contributed by atoms with Gasteiger partial charge in [0.1, 0.15) is 17.6 Å². The third-order valence-corrected chi connectivity index (χ3v) is 9.08. The number of rotatable bonds is 11. The first-order valence-corrected chi connectivity index (χ1v) is 14.4. The normalized spacial score (nSPS) is 30.0. The molecule has 1 spiro atoms. The zero-order valence-electron chi connectivity index (χ0n) is 23.6. The second kappa shape index (κ2) is 11.2. The first-order valence-electron chi connectivity index (χ1n) is 14.0. The van der Waals surface area contributed by atoms with Gasteiger partial charge < -0.3 is 24.4 Å². The van der Waals surface area contributed by atoms with Crippen molar-refractivity contribution in [2.24, 2.45) is 17.8 Å². The molecule has 3 aliphatic rings. The van der Waals surface area contributed by atoms with Crippen molar-refractivity contribution in [2.45, 2.75) is 83.6 Å². The molecule has 4 rings (SSSR count). The molecular weight excluding hydrogens is 520 g/mol. The van der Waals surface area contributed by atoms with E-state index in [0.717, 1.165) is 5.56 Å². The quantitative estimate of drug-likeness (QED) is 0.320. The summed E-state index contributed by atoms with van der Waals surface area (Å²) in [4.78, 5) is 45.6. The van der Waals surface area contributed by atoms with Gasteiger partial charge in [0.2, 0.25) is 5.91 Å². The van der Waals surface area contributed by atoms with E-state index in [4.69, 9.17) is 21.1 Å². The summed E-state index contributed by atoms with van der Waals surface area (Å²) in [5.41, 5.74) is -0.760. The second-order valence-corrected chi connectivity index (χ2v) is 11.8. The number of fused-ring (bicyclic) bond motifs is 1. The molecule has 2 unspecified atom stereocenters. The summed E-state index contributed by atoms with van der Waals surface area (Å²) in [6.45, 7) is 13.5. The van der Waals surface area contributed by atoms with Gasteiger partial charge in [0.15, 0.2) is 0 Å². The molecule has 1 aromatic rings. The van der Waals surface area contributed by atoms with Gasteiger partial charge in [-0.15, -0.1) is 6.58 Å². The van der Waals surface area contributed by atoms with Crippen molar-refractivity contribution in [1.82, 2.24) is 4.90 Å². The van der Waals surface area contributed by atoms with Crippen molar-refractivity contribution in [3.05, 3.63) is 41.4 Å². The highest BCUT2D eigenvalue weighted by Crippen LogP contribution is 2.65. The van der Waals surface area contributed by atoms with Gasteiger partial charge in [0.05, 0.1) is 41.5 Å². The van der Waals surface area contributed by atoms with Crippen LogP contribution in [0.5, 0.6) is 0 Å². The van der Waals surface area contributed by atoms with Crippen LogP contribution in [0.3, 0.4) is 0 Å². The van der Waals surface area contributed by atoms with E-state index in [1.54, 1.807) is 24.0 Å². The van der Waals surface area contributed by atoms with E-state index in [-0.39, 0.29) is 37.5 Å². The van der Waals surface area contributed by atoms with Crippen LogP contribution in [0.2, 0.25) is 5.02 Å². The molecule has 3 fully saturated rings. The molecule has 0 saturated carbocycles. The summed E-state index contributed by atoms with van der Waals surface area (Å²) in [6.07, 6.45) is 3.61. The second-order valence-electron chi connectivity index (χ2n) is 11.4. The van der Waals surface area contributed by atoms with Crippen LogP contribution >= 0.6 is 11.6 Å². The molecule has 0 aromatic heterocycles. The van der Waals surface area contributed by atoms with Crippen molar-refractivity contribution in [3.8, 4) is 0 Å². The zero-order valence-corrected chi connectivity index (χ0v) is 24.4. The average Bonchev–Trinajstić information content (AvgIpc) is 3.50. The first kappa shape index (κ1) is 29.6.